The Kier molecular flexibility index (Phi) is 7.11. The maximum Gasteiger partial charge on any atom is 0.331 e. The molecular formula is C27H30N4O3. The summed E-state index contributed by atoms with van der Waals surface area (Å²) < 4.78 is 3.01. The predicted octanol–water partition coefficient (Wildman–Crippen LogP) is 4.55. The SMILES string of the molecule is CCCn1c(=O)c2[nH]c(-c3ccc(CCC(=O)Nc4ccccc4)cc3)cc2n(CCC)c1=O. The highest BCUT2D eigenvalue weighted by molar-refractivity contribution is 5.90. The molecule has 0 spiro atoms. The van der Waals surface area contributed by atoms with Crippen LogP contribution in [0.5, 0.6) is 0 Å². The van der Waals surface area contributed by atoms with Gasteiger partial charge in [-0.2, -0.15) is 0 Å². The van der Waals surface area contributed by atoms with Crippen molar-refractivity contribution in [1.82, 2.24) is 14.1 Å². The Labute approximate surface area is 198 Å². The van der Waals surface area contributed by atoms with Crippen LogP contribution in [0.2, 0.25) is 0 Å². The molecule has 0 aliphatic carbocycles. The molecule has 176 valence electrons. The predicted molar refractivity (Wildman–Crippen MR) is 136 cm³/mol. The summed E-state index contributed by atoms with van der Waals surface area (Å²) in [6.45, 7) is 4.92. The van der Waals surface area contributed by atoms with Crippen molar-refractivity contribution in [3.8, 4) is 11.3 Å². The number of carbonyl (C=O) groups excluding carboxylic acids is 1. The fourth-order valence-corrected chi connectivity index (χ4v) is 4.16. The lowest BCUT2D eigenvalue weighted by Crippen LogP contribution is -2.39. The van der Waals surface area contributed by atoms with Crippen LogP contribution in [-0.2, 0) is 24.3 Å². The lowest BCUT2D eigenvalue weighted by atomic mass is 10.1. The third-order valence-electron chi connectivity index (χ3n) is 5.87. The van der Waals surface area contributed by atoms with Crippen LogP contribution in [0.15, 0.2) is 70.3 Å². The van der Waals surface area contributed by atoms with E-state index in [2.05, 4.69) is 10.3 Å². The zero-order valence-electron chi connectivity index (χ0n) is 19.6. The van der Waals surface area contributed by atoms with Crippen molar-refractivity contribution in [3.05, 3.63) is 87.1 Å². The van der Waals surface area contributed by atoms with Gasteiger partial charge in [-0.3, -0.25) is 18.7 Å². The molecule has 0 aliphatic rings. The number of aryl methyl sites for hydroxylation is 2. The Morgan fingerprint density at radius 3 is 2.26 bits per heavy atom. The lowest BCUT2D eigenvalue weighted by molar-refractivity contribution is -0.116. The molecule has 0 aliphatic heterocycles. The second-order valence-corrected chi connectivity index (χ2v) is 8.45. The van der Waals surface area contributed by atoms with Crippen LogP contribution >= 0.6 is 0 Å². The third-order valence-corrected chi connectivity index (χ3v) is 5.87. The topological polar surface area (TPSA) is 88.9 Å². The van der Waals surface area contributed by atoms with Crippen molar-refractivity contribution < 1.29 is 4.79 Å². The smallest absolute Gasteiger partial charge is 0.331 e. The summed E-state index contributed by atoms with van der Waals surface area (Å²) in [6.07, 6.45) is 2.53. The van der Waals surface area contributed by atoms with Crippen LogP contribution in [0, 0.1) is 0 Å². The highest BCUT2D eigenvalue weighted by atomic mass is 16.2. The summed E-state index contributed by atoms with van der Waals surface area (Å²) in [5, 5.41) is 2.90. The van der Waals surface area contributed by atoms with Gasteiger partial charge in [-0.05, 0) is 48.6 Å². The summed E-state index contributed by atoms with van der Waals surface area (Å²) in [4.78, 5) is 41.3. The molecule has 0 saturated carbocycles. The summed E-state index contributed by atoms with van der Waals surface area (Å²) in [5.74, 6) is -0.0249. The van der Waals surface area contributed by atoms with E-state index >= 15 is 0 Å². The number of hydrogen-bond donors (Lipinski definition) is 2. The summed E-state index contributed by atoms with van der Waals surface area (Å²) >= 11 is 0. The van der Waals surface area contributed by atoms with Gasteiger partial charge in [0.2, 0.25) is 5.91 Å². The molecule has 0 saturated heterocycles. The molecule has 4 rings (SSSR count). The second kappa shape index (κ2) is 10.4. The third kappa shape index (κ3) is 4.88. The molecule has 2 aromatic heterocycles. The van der Waals surface area contributed by atoms with E-state index in [1.165, 1.54) is 4.57 Å². The molecule has 0 bridgehead atoms. The molecule has 0 fully saturated rings. The number of rotatable bonds is 9. The van der Waals surface area contributed by atoms with Crippen LogP contribution in [0.3, 0.4) is 0 Å². The largest absolute Gasteiger partial charge is 0.349 e. The lowest BCUT2D eigenvalue weighted by Gasteiger charge is -2.10. The van der Waals surface area contributed by atoms with E-state index in [-0.39, 0.29) is 17.2 Å². The van der Waals surface area contributed by atoms with E-state index in [9.17, 15) is 14.4 Å². The summed E-state index contributed by atoms with van der Waals surface area (Å²) in [7, 11) is 0. The van der Waals surface area contributed by atoms with E-state index in [0.717, 1.165) is 28.9 Å². The Balaban J connectivity index is 1.54. The molecule has 0 unspecified atom stereocenters. The Hall–Kier alpha value is -3.87. The van der Waals surface area contributed by atoms with Crippen LogP contribution in [0.4, 0.5) is 5.69 Å². The standard InChI is InChI=1S/C27H30N4O3/c1-3-16-30-23-18-22(29-25(23)26(33)31(17-4-2)27(30)34)20-13-10-19(11-14-20)12-15-24(32)28-21-8-6-5-7-9-21/h5-11,13-14,18,29H,3-4,12,15-17H2,1-2H3,(H,28,32). The van der Waals surface area contributed by atoms with Gasteiger partial charge >= 0.3 is 5.69 Å². The number of aromatic nitrogens is 3. The fourth-order valence-electron chi connectivity index (χ4n) is 4.16. The number of nitrogens with zero attached hydrogens (tertiary/aromatic N) is 2. The number of H-pyrrole nitrogens is 1. The minimum Gasteiger partial charge on any atom is -0.349 e. The minimum absolute atomic E-state index is 0.0249. The number of para-hydroxylation sites is 1. The molecule has 2 aromatic carbocycles. The number of fused-ring (bicyclic) bond motifs is 1. The number of anilines is 1. The Morgan fingerprint density at radius 1 is 0.912 bits per heavy atom. The van der Waals surface area contributed by atoms with Gasteiger partial charge in [0.1, 0.15) is 5.52 Å². The van der Waals surface area contributed by atoms with Crippen LogP contribution in [-0.4, -0.2) is 20.0 Å². The molecule has 7 nitrogen and oxygen atoms in total. The van der Waals surface area contributed by atoms with Crippen molar-refractivity contribution >= 4 is 22.6 Å². The minimum atomic E-state index is -0.276. The molecule has 2 N–H and O–H groups in total. The van der Waals surface area contributed by atoms with Gasteiger partial charge in [-0.1, -0.05) is 56.3 Å². The van der Waals surface area contributed by atoms with Crippen LogP contribution in [0.25, 0.3) is 22.3 Å². The number of nitrogens with one attached hydrogen (secondary N) is 2. The first-order valence-electron chi connectivity index (χ1n) is 11.8. The first kappa shape index (κ1) is 23.3. The van der Waals surface area contributed by atoms with Gasteiger partial charge in [0.05, 0.1) is 5.52 Å². The van der Waals surface area contributed by atoms with Gasteiger partial charge in [0.15, 0.2) is 0 Å². The normalized spacial score (nSPS) is 11.1. The maximum absolute atomic E-state index is 13.0. The maximum atomic E-state index is 13.0. The monoisotopic (exact) mass is 458 g/mol. The van der Waals surface area contributed by atoms with Crippen LogP contribution < -0.4 is 16.6 Å². The zero-order valence-corrected chi connectivity index (χ0v) is 19.6. The van der Waals surface area contributed by atoms with E-state index in [1.54, 1.807) is 4.57 Å². The van der Waals surface area contributed by atoms with E-state index in [0.29, 0.717) is 43.4 Å². The van der Waals surface area contributed by atoms with E-state index in [1.807, 2.05) is 74.5 Å². The van der Waals surface area contributed by atoms with Gasteiger partial charge in [-0.15, -0.1) is 0 Å². The van der Waals surface area contributed by atoms with E-state index in [4.69, 9.17) is 0 Å². The summed E-state index contributed by atoms with van der Waals surface area (Å²) in [5.41, 5.74) is 4.12. The molecule has 4 aromatic rings. The first-order chi connectivity index (χ1) is 16.5. The van der Waals surface area contributed by atoms with Gasteiger partial charge < -0.3 is 10.3 Å². The molecule has 2 heterocycles. The Morgan fingerprint density at radius 2 is 1.59 bits per heavy atom. The number of benzene rings is 2. The number of carbonyl (C=O) groups is 1. The molecule has 0 radical (unpaired) electrons. The highest BCUT2D eigenvalue weighted by Gasteiger charge is 2.16. The molecule has 34 heavy (non-hydrogen) atoms. The highest BCUT2D eigenvalue weighted by Crippen LogP contribution is 2.23. The van der Waals surface area contributed by atoms with Crippen molar-refractivity contribution in [1.29, 1.82) is 0 Å². The van der Waals surface area contributed by atoms with E-state index < -0.39 is 0 Å². The molecule has 1 amide bonds. The number of aromatic amines is 1. The number of amides is 1. The van der Waals surface area contributed by atoms with Gasteiger partial charge in [0, 0.05) is 30.9 Å². The fraction of sp³-hybridized carbons (Fsp3) is 0.296. The van der Waals surface area contributed by atoms with Gasteiger partial charge in [0.25, 0.3) is 5.56 Å². The molecule has 7 heteroatoms. The van der Waals surface area contributed by atoms with Crippen molar-refractivity contribution in [2.75, 3.05) is 5.32 Å². The van der Waals surface area contributed by atoms with Gasteiger partial charge in [-0.25, -0.2) is 4.79 Å². The first-order valence-corrected chi connectivity index (χ1v) is 11.8. The van der Waals surface area contributed by atoms with Crippen molar-refractivity contribution in [2.24, 2.45) is 0 Å². The second-order valence-electron chi connectivity index (χ2n) is 8.45. The Bertz CT molecular complexity index is 1400. The average molecular weight is 459 g/mol. The summed E-state index contributed by atoms with van der Waals surface area (Å²) in [6, 6.07) is 19.2. The average Bonchev–Trinajstić information content (AvgIpc) is 3.30. The quantitative estimate of drug-likeness (QED) is 0.386. The van der Waals surface area contributed by atoms with Crippen molar-refractivity contribution in [2.45, 2.75) is 52.6 Å². The zero-order chi connectivity index (χ0) is 24.1. The molecule has 0 atom stereocenters. The molecular weight excluding hydrogens is 428 g/mol. The number of hydrogen-bond acceptors (Lipinski definition) is 3. The van der Waals surface area contributed by atoms with Crippen LogP contribution in [0.1, 0.15) is 38.7 Å². The van der Waals surface area contributed by atoms with Crippen molar-refractivity contribution in [3.63, 3.8) is 0 Å².